The lowest BCUT2D eigenvalue weighted by atomic mass is 9.98. The van der Waals surface area contributed by atoms with Crippen molar-refractivity contribution in [3.05, 3.63) is 35.4 Å². The summed E-state index contributed by atoms with van der Waals surface area (Å²) in [6, 6.07) is 8.47. The number of carbonyl (C=O) groups is 1. The van der Waals surface area contributed by atoms with Gasteiger partial charge in [0.25, 0.3) is 0 Å². The molecule has 0 saturated heterocycles. The van der Waals surface area contributed by atoms with E-state index in [1.54, 1.807) is 0 Å². The van der Waals surface area contributed by atoms with Crippen LogP contribution in [-0.4, -0.2) is 11.4 Å². The van der Waals surface area contributed by atoms with Crippen molar-refractivity contribution in [1.82, 2.24) is 5.32 Å². The summed E-state index contributed by atoms with van der Waals surface area (Å²) in [5.41, 5.74) is 8.05. The van der Waals surface area contributed by atoms with Gasteiger partial charge in [-0.05, 0) is 44.2 Å². The fourth-order valence-electron chi connectivity index (χ4n) is 2.00. The van der Waals surface area contributed by atoms with Gasteiger partial charge in [-0.3, -0.25) is 4.79 Å². The molecule has 0 aliphatic carbocycles. The Labute approximate surface area is 122 Å². The van der Waals surface area contributed by atoms with Crippen LogP contribution in [0.1, 0.15) is 70.5 Å². The SMILES string of the molecule is CC(C)c1ccc(C(C)NC(=O)CCC(C)(C)N)cc1. The minimum atomic E-state index is -0.292. The number of benzene rings is 1. The molecule has 1 aromatic carbocycles. The molecule has 3 nitrogen and oxygen atoms in total. The molecular weight excluding hydrogens is 248 g/mol. The summed E-state index contributed by atoms with van der Waals surface area (Å²) in [7, 11) is 0. The Hall–Kier alpha value is -1.35. The number of hydrogen-bond acceptors (Lipinski definition) is 2. The molecule has 3 N–H and O–H groups in total. The van der Waals surface area contributed by atoms with Gasteiger partial charge in [-0.15, -0.1) is 0 Å². The first-order valence-corrected chi connectivity index (χ1v) is 7.37. The Morgan fingerprint density at radius 3 is 2.10 bits per heavy atom. The second kappa shape index (κ2) is 6.89. The van der Waals surface area contributed by atoms with Crippen LogP contribution in [0.25, 0.3) is 0 Å². The van der Waals surface area contributed by atoms with Gasteiger partial charge in [-0.25, -0.2) is 0 Å². The summed E-state index contributed by atoms with van der Waals surface area (Å²) in [5.74, 6) is 0.588. The van der Waals surface area contributed by atoms with E-state index in [0.29, 0.717) is 18.8 Å². The molecule has 0 fully saturated rings. The monoisotopic (exact) mass is 276 g/mol. The highest BCUT2D eigenvalue weighted by Gasteiger charge is 2.15. The van der Waals surface area contributed by atoms with Gasteiger partial charge in [-0.1, -0.05) is 38.1 Å². The van der Waals surface area contributed by atoms with E-state index in [4.69, 9.17) is 5.73 Å². The zero-order chi connectivity index (χ0) is 15.3. The van der Waals surface area contributed by atoms with Gasteiger partial charge >= 0.3 is 0 Å². The quantitative estimate of drug-likeness (QED) is 0.835. The van der Waals surface area contributed by atoms with Gasteiger partial charge in [0.15, 0.2) is 0 Å². The highest BCUT2D eigenvalue weighted by Crippen LogP contribution is 2.18. The minimum absolute atomic E-state index is 0.0320. The molecule has 112 valence electrons. The highest BCUT2D eigenvalue weighted by molar-refractivity contribution is 5.76. The third kappa shape index (κ3) is 5.74. The molecule has 0 aromatic heterocycles. The maximum Gasteiger partial charge on any atom is 0.220 e. The molecule has 1 unspecified atom stereocenters. The highest BCUT2D eigenvalue weighted by atomic mass is 16.1. The van der Waals surface area contributed by atoms with Crippen LogP contribution in [0.15, 0.2) is 24.3 Å². The number of nitrogens with two attached hydrogens (primary N) is 1. The van der Waals surface area contributed by atoms with E-state index in [0.717, 1.165) is 5.56 Å². The van der Waals surface area contributed by atoms with Crippen molar-refractivity contribution < 1.29 is 4.79 Å². The first-order valence-electron chi connectivity index (χ1n) is 7.37. The van der Waals surface area contributed by atoms with Crippen LogP contribution in [0.3, 0.4) is 0 Å². The van der Waals surface area contributed by atoms with Crippen molar-refractivity contribution in [3.8, 4) is 0 Å². The molecule has 1 amide bonds. The second-order valence-corrected chi connectivity index (χ2v) is 6.60. The molecule has 1 aromatic rings. The molecule has 0 aliphatic heterocycles. The number of amides is 1. The molecule has 1 atom stereocenters. The normalized spacial score (nSPS) is 13.3. The maximum atomic E-state index is 11.9. The van der Waals surface area contributed by atoms with Gasteiger partial charge in [-0.2, -0.15) is 0 Å². The lowest BCUT2D eigenvalue weighted by Crippen LogP contribution is -2.35. The fraction of sp³-hybridized carbons (Fsp3) is 0.588. The molecule has 1 rings (SSSR count). The van der Waals surface area contributed by atoms with E-state index in [1.165, 1.54) is 5.56 Å². The third-order valence-electron chi connectivity index (χ3n) is 3.48. The van der Waals surface area contributed by atoms with Crippen molar-refractivity contribution in [3.63, 3.8) is 0 Å². The number of hydrogen-bond donors (Lipinski definition) is 2. The van der Waals surface area contributed by atoms with Crippen LogP contribution in [0.5, 0.6) is 0 Å². The first kappa shape index (κ1) is 16.7. The number of rotatable bonds is 6. The maximum absolute atomic E-state index is 11.9. The van der Waals surface area contributed by atoms with Crippen molar-refractivity contribution in [2.45, 2.75) is 65.0 Å². The molecule has 0 heterocycles. The van der Waals surface area contributed by atoms with Gasteiger partial charge in [0.05, 0.1) is 6.04 Å². The molecule has 0 saturated carbocycles. The molecule has 3 heteroatoms. The van der Waals surface area contributed by atoms with E-state index < -0.39 is 0 Å². The summed E-state index contributed by atoms with van der Waals surface area (Å²) >= 11 is 0. The van der Waals surface area contributed by atoms with Gasteiger partial charge in [0.1, 0.15) is 0 Å². The second-order valence-electron chi connectivity index (χ2n) is 6.60. The fourth-order valence-corrected chi connectivity index (χ4v) is 2.00. The summed E-state index contributed by atoms with van der Waals surface area (Å²) < 4.78 is 0. The predicted octanol–water partition coefficient (Wildman–Crippen LogP) is 3.50. The molecule has 0 radical (unpaired) electrons. The Bertz CT molecular complexity index is 429. The standard InChI is InChI=1S/C17H28N2O/c1-12(2)14-6-8-15(9-7-14)13(3)19-16(20)10-11-17(4,5)18/h6-9,12-13H,10-11,18H2,1-5H3,(H,19,20). The predicted molar refractivity (Wildman–Crippen MR) is 84.6 cm³/mol. The minimum Gasteiger partial charge on any atom is -0.350 e. The average molecular weight is 276 g/mol. The Morgan fingerprint density at radius 1 is 1.15 bits per heavy atom. The Kier molecular flexibility index (Phi) is 5.75. The van der Waals surface area contributed by atoms with E-state index >= 15 is 0 Å². The van der Waals surface area contributed by atoms with Crippen LogP contribution in [-0.2, 0) is 4.79 Å². The van der Waals surface area contributed by atoms with Crippen LogP contribution in [0.2, 0.25) is 0 Å². The van der Waals surface area contributed by atoms with Crippen molar-refractivity contribution in [1.29, 1.82) is 0 Å². The Balaban J connectivity index is 2.53. The summed E-state index contributed by atoms with van der Waals surface area (Å²) in [6.07, 6.45) is 1.16. The van der Waals surface area contributed by atoms with E-state index in [1.807, 2.05) is 20.8 Å². The van der Waals surface area contributed by atoms with Gasteiger partial charge in [0, 0.05) is 12.0 Å². The summed E-state index contributed by atoms with van der Waals surface area (Å²) in [5, 5.41) is 3.02. The van der Waals surface area contributed by atoms with Crippen LogP contribution in [0, 0.1) is 0 Å². The zero-order valence-corrected chi connectivity index (χ0v) is 13.4. The smallest absolute Gasteiger partial charge is 0.220 e. The number of carbonyl (C=O) groups excluding carboxylic acids is 1. The number of nitrogens with one attached hydrogen (secondary N) is 1. The van der Waals surface area contributed by atoms with Crippen LogP contribution < -0.4 is 11.1 Å². The van der Waals surface area contributed by atoms with Gasteiger partial charge < -0.3 is 11.1 Å². The van der Waals surface area contributed by atoms with E-state index in [-0.39, 0.29) is 17.5 Å². The first-order chi connectivity index (χ1) is 9.19. The third-order valence-corrected chi connectivity index (χ3v) is 3.48. The molecular formula is C17H28N2O. The molecule has 0 aliphatic rings. The van der Waals surface area contributed by atoms with Crippen molar-refractivity contribution in [2.24, 2.45) is 5.73 Å². The van der Waals surface area contributed by atoms with E-state index in [2.05, 4.69) is 43.4 Å². The van der Waals surface area contributed by atoms with Crippen LogP contribution >= 0.6 is 0 Å². The largest absolute Gasteiger partial charge is 0.350 e. The average Bonchev–Trinajstić information content (AvgIpc) is 2.35. The summed E-state index contributed by atoms with van der Waals surface area (Å²) in [4.78, 5) is 11.9. The van der Waals surface area contributed by atoms with Crippen LogP contribution in [0.4, 0.5) is 0 Å². The van der Waals surface area contributed by atoms with Crippen molar-refractivity contribution in [2.75, 3.05) is 0 Å². The van der Waals surface area contributed by atoms with Crippen molar-refractivity contribution >= 4 is 5.91 Å². The summed E-state index contributed by atoms with van der Waals surface area (Å²) in [6.45, 7) is 10.2. The zero-order valence-electron chi connectivity index (χ0n) is 13.4. The topological polar surface area (TPSA) is 55.1 Å². The van der Waals surface area contributed by atoms with E-state index in [9.17, 15) is 4.79 Å². The molecule has 0 spiro atoms. The molecule has 0 bridgehead atoms. The molecule has 20 heavy (non-hydrogen) atoms. The lowest BCUT2D eigenvalue weighted by Gasteiger charge is -2.19. The Morgan fingerprint density at radius 2 is 1.65 bits per heavy atom. The lowest BCUT2D eigenvalue weighted by molar-refractivity contribution is -0.122. The van der Waals surface area contributed by atoms with Gasteiger partial charge in [0.2, 0.25) is 5.91 Å².